The van der Waals surface area contributed by atoms with Crippen LogP contribution in [-0.4, -0.2) is 58.0 Å². The minimum Gasteiger partial charge on any atom is -0.493 e. The molecule has 1 saturated heterocycles. The Hall–Kier alpha value is -1.01. The van der Waals surface area contributed by atoms with E-state index >= 15 is 0 Å². The van der Waals surface area contributed by atoms with Gasteiger partial charge < -0.3 is 19.5 Å². The molecule has 0 bridgehead atoms. The third-order valence-electron chi connectivity index (χ3n) is 3.63. The smallest absolute Gasteiger partial charge is 0.165 e. The standard InChI is InChI=1S/C16H25ClN2O3/c1-3-22-16-13(10-14(17)11-15(16)20-2)12-18-4-5-19-6-8-21-9-7-19/h10-11,18H,3-9,12H2,1-2H3. The monoisotopic (exact) mass is 328 g/mol. The molecule has 0 saturated carbocycles. The van der Waals surface area contributed by atoms with E-state index in [-0.39, 0.29) is 0 Å². The normalized spacial score (nSPS) is 15.8. The molecule has 2 rings (SSSR count). The summed E-state index contributed by atoms with van der Waals surface area (Å²) in [5, 5.41) is 4.11. The molecule has 1 aromatic carbocycles. The van der Waals surface area contributed by atoms with Crippen molar-refractivity contribution >= 4 is 11.6 Å². The highest BCUT2D eigenvalue weighted by molar-refractivity contribution is 6.30. The van der Waals surface area contributed by atoms with Gasteiger partial charge in [0.1, 0.15) is 0 Å². The van der Waals surface area contributed by atoms with Crippen LogP contribution >= 0.6 is 11.6 Å². The van der Waals surface area contributed by atoms with Gasteiger partial charge in [-0.2, -0.15) is 0 Å². The zero-order chi connectivity index (χ0) is 15.8. The minimum absolute atomic E-state index is 0.596. The number of methoxy groups -OCH3 is 1. The van der Waals surface area contributed by atoms with Gasteiger partial charge in [-0.25, -0.2) is 0 Å². The first kappa shape index (κ1) is 17.3. The van der Waals surface area contributed by atoms with Crippen LogP contribution in [0.25, 0.3) is 0 Å². The Bertz CT molecular complexity index is 465. The molecule has 0 aromatic heterocycles. The van der Waals surface area contributed by atoms with Crippen LogP contribution in [0.2, 0.25) is 5.02 Å². The Morgan fingerprint density at radius 2 is 2.09 bits per heavy atom. The average Bonchev–Trinajstić information content (AvgIpc) is 2.54. The quantitative estimate of drug-likeness (QED) is 0.741. The maximum atomic E-state index is 6.15. The Morgan fingerprint density at radius 3 is 2.77 bits per heavy atom. The predicted octanol–water partition coefficient (Wildman–Crippen LogP) is 2.17. The summed E-state index contributed by atoms with van der Waals surface area (Å²) in [6.07, 6.45) is 0. The summed E-state index contributed by atoms with van der Waals surface area (Å²) < 4.78 is 16.4. The molecule has 6 heteroatoms. The number of nitrogens with zero attached hydrogens (tertiary/aromatic N) is 1. The SMILES string of the molecule is CCOc1c(CNCCN2CCOCC2)cc(Cl)cc1OC. The molecule has 0 amide bonds. The van der Waals surface area contributed by atoms with Gasteiger partial charge in [0.05, 0.1) is 26.9 Å². The van der Waals surface area contributed by atoms with Crippen molar-refractivity contribution in [2.45, 2.75) is 13.5 Å². The van der Waals surface area contributed by atoms with E-state index in [1.165, 1.54) is 0 Å². The fourth-order valence-corrected chi connectivity index (χ4v) is 2.73. The van der Waals surface area contributed by atoms with Crippen molar-refractivity contribution in [1.29, 1.82) is 0 Å². The average molecular weight is 329 g/mol. The second kappa shape index (κ2) is 9.20. The van der Waals surface area contributed by atoms with Crippen molar-refractivity contribution in [2.75, 3.05) is 53.1 Å². The van der Waals surface area contributed by atoms with E-state index in [1.54, 1.807) is 13.2 Å². The molecule has 0 spiro atoms. The summed E-state index contributed by atoms with van der Waals surface area (Å²) in [5.41, 5.74) is 1.02. The van der Waals surface area contributed by atoms with Crippen LogP contribution in [0.5, 0.6) is 11.5 Å². The number of nitrogens with one attached hydrogen (secondary N) is 1. The van der Waals surface area contributed by atoms with E-state index in [0.717, 1.165) is 50.7 Å². The summed E-state index contributed by atoms with van der Waals surface area (Å²) in [7, 11) is 1.63. The van der Waals surface area contributed by atoms with Gasteiger partial charge in [0.15, 0.2) is 11.5 Å². The minimum atomic E-state index is 0.596. The van der Waals surface area contributed by atoms with Crippen molar-refractivity contribution in [3.63, 3.8) is 0 Å². The van der Waals surface area contributed by atoms with E-state index in [2.05, 4.69) is 10.2 Å². The third-order valence-corrected chi connectivity index (χ3v) is 3.85. The second-order valence-electron chi connectivity index (χ2n) is 5.16. The van der Waals surface area contributed by atoms with Crippen molar-refractivity contribution in [3.8, 4) is 11.5 Å². The number of hydrogen-bond donors (Lipinski definition) is 1. The number of benzene rings is 1. The molecule has 0 radical (unpaired) electrons. The lowest BCUT2D eigenvalue weighted by Crippen LogP contribution is -2.40. The van der Waals surface area contributed by atoms with Gasteiger partial charge in [0, 0.05) is 49.4 Å². The Balaban J connectivity index is 1.89. The molecule has 1 aromatic rings. The van der Waals surface area contributed by atoms with E-state index in [0.29, 0.717) is 23.9 Å². The Labute approximate surface area is 137 Å². The maximum absolute atomic E-state index is 6.15. The fraction of sp³-hybridized carbons (Fsp3) is 0.625. The molecule has 0 unspecified atom stereocenters. The van der Waals surface area contributed by atoms with Crippen molar-refractivity contribution in [3.05, 3.63) is 22.7 Å². The van der Waals surface area contributed by atoms with Crippen molar-refractivity contribution in [2.24, 2.45) is 0 Å². The lowest BCUT2D eigenvalue weighted by atomic mass is 10.2. The van der Waals surface area contributed by atoms with Crippen molar-refractivity contribution in [1.82, 2.24) is 10.2 Å². The molecule has 1 aliphatic rings. The predicted molar refractivity (Wildman–Crippen MR) is 88.1 cm³/mol. The van der Waals surface area contributed by atoms with Gasteiger partial charge in [-0.3, -0.25) is 4.90 Å². The number of ether oxygens (including phenoxy) is 3. The molecule has 22 heavy (non-hydrogen) atoms. The van der Waals surface area contributed by atoms with Gasteiger partial charge in [-0.15, -0.1) is 0 Å². The molecular weight excluding hydrogens is 304 g/mol. The summed E-state index contributed by atoms with van der Waals surface area (Å²) in [5.74, 6) is 1.45. The van der Waals surface area contributed by atoms with E-state index in [4.69, 9.17) is 25.8 Å². The van der Waals surface area contributed by atoms with Crippen LogP contribution in [0.4, 0.5) is 0 Å². The zero-order valence-corrected chi connectivity index (χ0v) is 14.1. The lowest BCUT2D eigenvalue weighted by molar-refractivity contribution is 0.0384. The maximum Gasteiger partial charge on any atom is 0.165 e. The van der Waals surface area contributed by atoms with E-state index in [9.17, 15) is 0 Å². The molecule has 1 N–H and O–H groups in total. The first-order valence-electron chi connectivity index (χ1n) is 7.74. The Kier molecular flexibility index (Phi) is 7.25. The fourth-order valence-electron chi connectivity index (χ4n) is 2.50. The summed E-state index contributed by atoms with van der Waals surface area (Å²) in [6, 6.07) is 3.71. The van der Waals surface area contributed by atoms with Gasteiger partial charge in [-0.1, -0.05) is 11.6 Å². The molecule has 1 fully saturated rings. The third kappa shape index (κ3) is 5.02. The topological polar surface area (TPSA) is 43.0 Å². The first-order valence-corrected chi connectivity index (χ1v) is 8.12. The van der Waals surface area contributed by atoms with Gasteiger partial charge >= 0.3 is 0 Å². The summed E-state index contributed by atoms with van der Waals surface area (Å²) >= 11 is 6.15. The van der Waals surface area contributed by atoms with Crippen LogP contribution in [0.15, 0.2) is 12.1 Å². The van der Waals surface area contributed by atoms with Crippen molar-refractivity contribution < 1.29 is 14.2 Å². The van der Waals surface area contributed by atoms with Gasteiger partial charge in [-0.05, 0) is 13.0 Å². The van der Waals surface area contributed by atoms with Crippen LogP contribution in [-0.2, 0) is 11.3 Å². The first-order chi connectivity index (χ1) is 10.7. The molecule has 1 aliphatic heterocycles. The molecule has 124 valence electrons. The van der Waals surface area contributed by atoms with Crippen LogP contribution in [0, 0.1) is 0 Å². The Morgan fingerprint density at radius 1 is 1.32 bits per heavy atom. The number of halogens is 1. The molecule has 5 nitrogen and oxygen atoms in total. The second-order valence-corrected chi connectivity index (χ2v) is 5.60. The molecule has 0 atom stereocenters. The number of hydrogen-bond acceptors (Lipinski definition) is 5. The van der Waals surface area contributed by atoms with Crippen LogP contribution in [0.3, 0.4) is 0 Å². The van der Waals surface area contributed by atoms with Gasteiger partial charge in [0.25, 0.3) is 0 Å². The number of rotatable bonds is 8. The summed E-state index contributed by atoms with van der Waals surface area (Å²) in [4.78, 5) is 2.40. The van der Waals surface area contributed by atoms with E-state index < -0.39 is 0 Å². The molecule has 0 aliphatic carbocycles. The highest BCUT2D eigenvalue weighted by Gasteiger charge is 2.13. The molecule has 1 heterocycles. The van der Waals surface area contributed by atoms with Gasteiger partial charge in [0.2, 0.25) is 0 Å². The molecular formula is C16H25ClN2O3. The number of morpholine rings is 1. The largest absolute Gasteiger partial charge is 0.493 e. The highest BCUT2D eigenvalue weighted by Crippen LogP contribution is 2.34. The summed E-state index contributed by atoms with van der Waals surface area (Å²) in [6.45, 7) is 8.89. The lowest BCUT2D eigenvalue weighted by Gasteiger charge is -2.26. The zero-order valence-electron chi connectivity index (χ0n) is 13.4. The highest BCUT2D eigenvalue weighted by atomic mass is 35.5. The van der Waals surface area contributed by atoms with E-state index in [1.807, 2.05) is 13.0 Å². The van der Waals surface area contributed by atoms with Crippen LogP contribution < -0.4 is 14.8 Å². The van der Waals surface area contributed by atoms with Crippen LogP contribution in [0.1, 0.15) is 12.5 Å².